The number of phenols is 2. The van der Waals surface area contributed by atoms with E-state index in [4.69, 9.17) is 0 Å². The third-order valence-corrected chi connectivity index (χ3v) is 5.77. The van der Waals surface area contributed by atoms with Crippen molar-refractivity contribution in [1.29, 1.82) is 0 Å². The van der Waals surface area contributed by atoms with E-state index in [0.717, 1.165) is 19.3 Å². The first-order valence-electron chi connectivity index (χ1n) is 8.40. The monoisotopic (exact) mass is 306 g/mol. The van der Waals surface area contributed by atoms with Crippen LogP contribution >= 0.6 is 0 Å². The van der Waals surface area contributed by atoms with Gasteiger partial charge in [-0.1, -0.05) is 32.1 Å². The van der Waals surface area contributed by atoms with Crippen LogP contribution in [0.1, 0.15) is 48.4 Å². The van der Waals surface area contributed by atoms with Gasteiger partial charge in [-0.15, -0.1) is 0 Å². The first-order valence-corrected chi connectivity index (χ1v) is 8.40. The zero-order valence-corrected chi connectivity index (χ0v) is 13.6. The molecular formula is C21H22O2. The van der Waals surface area contributed by atoms with Crippen molar-refractivity contribution in [1.82, 2.24) is 0 Å². The van der Waals surface area contributed by atoms with E-state index in [0.29, 0.717) is 17.4 Å². The zero-order valence-electron chi connectivity index (χ0n) is 13.6. The number of fused-ring (bicyclic) bond motifs is 2. The number of hydrogen-bond donors (Lipinski definition) is 2. The van der Waals surface area contributed by atoms with Crippen molar-refractivity contribution in [3.8, 4) is 11.5 Å². The Kier molecular flexibility index (Phi) is 3.06. The predicted molar refractivity (Wildman–Crippen MR) is 92.7 cm³/mol. The van der Waals surface area contributed by atoms with Crippen molar-refractivity contribution < 1.29 is 10.2 Å². The fourth-order valence-electron chi connectivity index (χ4n) is 4.66. The lowest BCUT2D eigenvalue weighted by Crippen LogP contribution is -2.24. The van der Waals surface area contributed by atoms with Gasteiger partial charge < -0.3 is 10.2 Å². The summed E-state index contributed by atoms with van der Waals surface area (Å²) >= 11 is 0. The highest BCUT2D eigenvalue weighted by Gasteiger charge is 2.50. The molecule has 2 atom stereocenters. The quantitative estimate of drug-likeness (QED) is 0.795. The molecule has 0 saturated carbocycles. The summed E-state index contributed by atoms with van der Waals surface area (Å²) in [5.41, 5.74) is 6.61. The molecule has 2 N–H and O–H groups in total. The minimum atomic E-state index is 0.0578. The van der Waals surface area contributed by atoms with Crippen LogP contribution in [0.3, 0.4) is 0 Å². The van der Waals surface area contributed by atoms with Gasteiger partial charge in [-0.05, 0) is 77.3 Å². The van der Waals surface area contributed by atoms with Gasteiger partial charge in [0.1, 0.15) is 11.5 Å². The summed E-state index contributed by atoms with van der Waals surface area (Å²) in [5.74, 6) is 1.05. The Bertz CT molecular complexity index is 819. The second-order valence-corrected chi connectivity index (χ2v) is 6.98. The molecule has 2 unspecified atom stereocenters. The number of hydrogen-bond acceptors (Lipinski definition) is 2. The molecule has 0 heterocycles. The van der Waals surface area contributed by atoms with Crippen LogP contribution in [0.2, 0.25) is 0 Å². The molecular weight excluding hydrogens is 284 g/mol. The van der Waals surface area contributed by atoms with Crippen molar-refractivity contribution in [2.45, 2.75) is 39.0 Å². The maximum Gasteiger partial charge on any atom is 0.115 e. The van der Waals surface area contributed by atoms with E-state index in [-0.39, 0.29) is 5.41 Å². The van der Waals surface area contributed by atoms with E-state index in [1.54, 1.807) is 12.1 Å². The molecule has 2 aromatic rings. The molecule has 0 amide bonds. The van der Waals surface area contributed by atoms with Crippen molar-refractivity contribution >= 4 is 5.57 Å². The molecule has 2 aliphatic carbocycles. The number of rotatable bonds is 1. The molecule has 118 valence electrons. The fourth-order valence-corrected chi connectivity index (χ4v) is 4.66. The molecule has 2 heteroatoms. The van der Waals surface area contributed by atoms with E-state index in [2.05, 4.69) is 32.1 Å². The van der Waals surface area contributed by atoms with E-state index < -0.39 is 0 Å². The Hall–Kier alpha value is -2.22. The molecule has 0 aromatic heterocycles. The standard InChI is InChI=1S/C21H22O2/c1-3-4-20-18-8-7-17(23)10-19(18)13(2)21(20)11-14-5-6-16(22)9-15(14)12-21/h4-10,13,22-23H,3,11-12H2,1-2H3. The second kappa shape index (κ2) is 4.89. The fraction of sp³-hybridized carbons (Fsp3) is 0.333. The van der Waals surface area contributed by atoms with Gasteiger partial charge in [-0.3, -0.25) is 0 Å². The van der Waals surface area contributed by atoms with Crippen LogP contribution in [0.15, 0.2) is 42.5 Å². The molecule has 2 nitrogen and oxygen atoms in total. The Balaban J connectivity index is 1.88. The van der Waals surface area contributed by atoms with Crippen molar-refractivity contribution in [3.63, 3.8) is 0 Å². The maximum absolute atomic E-state index is 9.92. The van der Waals surface area contributed by atoms with Crippen LogP contribution in [0.25, 0.3) is 5.57 Å². The lowest BCUT2D eigenvalue weighted by atomic mass is 9.71. The molecule has 4 rings (SSSR count). The average Bonchev–Trinajstić information content (AvgIpc) is 3.00. The van der Waals surface area contributed by atoms with Gasteiger partial charge in [-0.2, -0.15) is 0 Å². The van der Waals surface area contributed by atoms with Crippen LogP contribution in [-0.2, 0) is 12.8 Å². The van der Waals surface area contributed by atoms with Crippen molar-refractivity contribution in [2.75, 3.05) is 0 Å². The summed E-state index contributed by atoms with van der Waals surface area (Å²) in [4.78, 5) is 0. The first kappa shape index (κ1) is 14.4. The topological polar surface area (TPSA) is 40.5 Å². The number of benzene rings is 2. The molecule has 1 spiro atoms. The van der Waals surface area contributed by atoms with Crippen LogP contribution in [0, 0.1) is 5.41 Å². The largest absolute Gasteiger partial charge is 0.508 e. The number of allylic oxidation sites excluding steroid dienone is 2. The highest BCUT2D eigenvalue weighted by atomic mass is 16.3. The van der Waals surface area contributed by atoms with Gasteiger partial charge in [0, 0.05) is 5.41 Å². The van der Waals surface area contributed by atoms with E-state index in [1.165, 1.54) is 27.8 Å². The minimum Gasteiger partial charge on any atom is -0.508 e. The predicted octanol–water partition coefficient (Wildman–Crippen LogP) is 4.79. The normalized spacial score (nSPS) is 26.7. The summed E-state index contributed by atoms with van der Waals surface area (Å²) in [6.07, 6.45) is 5.32. The molecule has 0 radical (unpaired) electrons. The van der Waals surface area contributed by atoms with Gasteiger partial charge in [0.15, 0.2) is 0 Å². The molecule has 0 fully saturated rings. The maximum atomic E-state index is 9.92. The summed E-state index contributed by atoms with van der Waals surface area (Å²) in [5, 5.41) is 19.7. The molecule has 2 aromatic carbocycles. The summed E-state index contributed by atoms with van der Waals surface area (Å²) in [7, 11) is 0. The van der Waals surface area contributed by atoms with Crippen LogP contribution in [-0.4, -0.2) is 10.2 Å². The molecule has 2 aliphatic rings. The Morgan fingerprint density at radius 1 is 1.04 bits per heavy atom. The summed E-state index contributed by atoms with van der Waals surface area (Å²) in [6.45, 7) is 4.46. The van der Waals surface area contributed by atoms with Gasteiger partial charge in [0.25, 0.3) is 0 Å². The number of phenolic OH excluding ortho intramolecular Hbond substituents is 2. The summed E-state index contributed by atoms with van der Waals surface area (Å²) < 4.78 is 0. The van der Waals surface area contributed by atoms with Crippen LogP contribution in [0.4, 0.5) is 0 Å². The molecule has 23 heavy (non-hydrogen) atoms. The van der Waals surface area contributed by atoms with Crippen molar-refractivity contribution in [2.24, 2.45) is 5.41 Å². The van der Waals surface area contributed by atoms with E-state index in [9.17, 15) is 10.2 Å². The van der Waals surface area contributed by atoms with Gasteiger partial charge in [0.05, 0.1) is 0 Å². The molecule has 0 aliphatic heterocycles. The zero-order chi connectivity index (χ0) is 16.2. The minimum absolute atomic E-state index is 0.0578. The van der Waals surface area contributed by atoms with E-state index in [1.807, 2.05) is 12.1 Å². The van der Waals surface area contributed by atoms with Gasteiger partial charge in [-0.25, -0.2) is 0 Å². The Morgan fingerprint density at radius 2 is 1.74 bits per heavy atom. The molecule has 0 bridgehead atoms. The third kappa shape index (κ3) is 1.94. The van der Waals surface area contributed by atoms with Gasteiger partial charge in [0.2, 0.25) is 0 Å². The van der Waals surface area contributed by atoms with Gasteiger partial charge >= 0.3 is 0 Å². The lowest BCUT2D eigenvalue weighted by molar-refractivity contribution is 0.369. The first-order chi connectivity index (χ1) is 11.0. The SMILES string of the molecule is CCC=C1c2ccc(O)cc2C(C)C12Cc1ccc(O)cc1C2. The Morgan fingerprint density at radius 3 is 2.52 bits per heavy atom. The van der Waals surface area contributed by atoms with E-state index >= 15 is 0 Å². The Labute approximate surface area is 137 Å². The van der Waals surface area contributed by atoms with Crippen LogP contribution < -0.4 is 0 Å². The molecule has 0 saturated heterocycles. The third-order valence-electron chi connectivity index (χ3n) is 5.77. The smallest absolute Gasteiger partial charge is 0.115 e. The second-order valence-electron chi connectivity index (χ2n) is 6.98. The highest BCUT2D eigenvalue weighted by molar-refractivity contribution is 5.81. The number of aromatic hydroxyl groups is 2. The lowest BCUT2D eigenvalue weighted by Gasteiger charge is -2.31. The average molecular weight is 306 g/mol. The van der Waals surface area contributed by atoms with Crippen molar-refractivity contribution in [3.05, 3.63) is 64.7 Å². The highest BCUT2D eigenvalue weighted by Crippen LogP contribution is 2.61. The summed E-state index contributed by atoms with van der Waals surface area (Å²) in [6, 6.07) is 11.6. The van der Waals surface area contributed by atoms with Crippen LogP contribution in [0.5, 0.6) is 11.5 Å².